The van der Waals surface area contributed by atoms with Crippen LogP contribution >= 0.6 is 0 Å². The summed E-state index contributed by atoms with van der Waals surface area (Å²) in [6.07, 6.45) is 0.131. The highest BCUT2D eigenvalue weighted by Gasteiger charge is 2.08. The minimum Gasteiger partial charge on any atom is -0.361 e. The fourth-order valence-electron chi connectivity index (χ4n) is 1.56. The first-order valence-electron chi connectivity index (χ1n) is 5.57. The first kappa shape index (κ1) is 12.3. The molecule has 0 saturated heterocycles. The Bertz CT molecular complexity index is 551. The van der Waals surface area contributed by atoms with Gasteiger partial charge in [-0.3, -0.25) is 4.79 Å². The van der Waals surface area contributed by atoms with Crippen LogP contribution in [0.15, 0.2) is 34.9 Å². The number of aromatic nitrogens is 1. The maximum atomic E-state index is 13.3. The Morgan fingerprint density at radius 3 is 2.89 bits per heavy atom. The van der Waals surface area contributed by atoms with Gasteiger partial charge in [-0.1, -0.05) is 23.4 Å². The third-order valence-corrected chi connectivity index (χ3v) is 2.45. The van der Waals surface area contributed by atoms with Crippen LogP contribution in [0.5, 0.6) is 0 Å². The van der Waals surface area contributed by atoms with E-state index in [2.05, 4.69) is 10.5 Å². The van der Waals surface area contributed by atoms with Crippen LogP contribution < -0.4 is 5.32 Å². The lowest BCUT2D eigenvalue weighted by Gasteiger charge is -2.04. The molecule has 2 aromatic rings. The fourth-order valence-corrected chi connectivity index (χ4v) is 1.56. The average molecular weight is 248 g/mol. The molecule has 0 radical (unpaired) electrons. The number of benzene rings is 1. The maximum Gasteiger partial charge on any atom is 0.226 e. The molecule has 18 heavy (non-hydrogen) atoms. The monoisotopic (exact) mass is 248 g/mol. The summed E-state index contributed by atoms with van der Waals surface area (Å²) in [5.41, 5.74) is 1.03. The average Bonchev–Trinajstić information content (AvgIpc) is 2.74. The molecule has 0 bridgehead atoms. The number of hydrogen-bond acceptors (Lipinski definition) is 3. The van der Waals surface area contributed by atoms with Crippen molar-refractivity contribution >= 4 is 5.91 Å². The molecule has 0 atom stereocenters. The molecule has 0 fully saturated rings. The van der Waals surface area contributed by atoms with Crippen LogP contribution in [0, 0.1) is 12.7 Å². The van der Waals surface area contributed by atoms with Crippen LogP contribution in [-0.2, 0) is 17.8 Å². The van der Waals surface area contributed by atoms with Gasteiger partial charge in [0.2, 0.25) is 5.91 Å². The van der Waals surface area contributed by atoms with Gasteiger partial charge in [-0.05, 0) is 13.0 Å². The van der Waals surface area contributed by atoms with Gasteiger partial charge in [-0.25, -0.2) is 4.39 Å². The van der Waals surface area contributed by atoms with Crippen molar-refractivity contribution in [3.63, 3.8) is 0 Å². The molecule has 0 aliphatic rings. The molecule has 2 rings (SSSR count). The fraction of sp³-hybridized carbons (Fsp3) is 0.231. The van der Waals surface area contributed by atoms with Gasteiger partial charge < -0.3 is 9.84 Å². The zero-order chi connectivity index (χ0) is 13.0. The van der Waals surface area contributed by atoms with E-state index in [0.29, 0.717) is 17.0 Å². The van der Waals surface area contributed by atoms with Crippen LogP contribution in [0.4, 0.5) is 4.39 Å². The largest absolute Gasteiger partial charge is 0.361 e. The summed E-state index contributed by atoms with van der Waals surface area (Å²) in [5.74, 6) is 0.119. The number of nitrogens with one attached hydrogen (secondary N) is 1. The van der Waals surface area contributed by atoms with Crippen molar-refractivity contribution in [2.75, 3.05) is 0 Å². The lowest BCUT2D eigenvalue weighted by Crippen LogP contribution is -2.25. The highest BCUT2D eigenvalue weighted by Crippen LogP contribution is 2.06. The summed E-state index contributed by atoms with van der Waals surface area (Å²) < 4.78 is 18.1. The van der Waals surface area contributed by atoms with E-state index in [9.17, 15) is 9.18 Å². The second-order valence-electron chi connectivity index (χ2n) is 3.97. The normalized spacial score (nSPS) is 10.3. The number of carbonyl (C=O) groups excluding carboxylic acids is 1. The van der Waals surface area contributed by atoms with Crippen molar-refractivity contribution in [3.05, 3.63) is 53.2 Å². The molecule has 1 aromatic carbocycles. The predicted octanol–water partition coefficient (Wildman–Crippen LogP) is 1.98. The molecule has 1 aromatic heterocycles. The Labute approximate surface area is 104 Å². The molecule has 0 aliphatic heterocycles. The van der Waals surface area contributed by atoms with E-state index in [1.54, 1.807) is 31.2 Å². The van der Waals surface area contributed by atoms with Crippen LogP contribution in [0.25, 0.3) is 0 Å². The number of carbonyl (C=O) groups is 1. The van der Waals surface area contributed by atoms with Crippen LogP contribution in [-0.4, -0.2) is 11.1 Å². The Morgan fingerprint density at radius 2 is 2.22 bits per heavy atom. The zero-order valence-corrected chi connectivity index (χ0v) is 9.94. The Balaban J connectivity index is 1.87. The van der Waals surface area contributed by atoms with Crippen molar-refractivity contribution in [2.24, 2.45) is 0 Å². The second-order valence-corrected chi connectivity index (χ2v) is 3.97. The summed E-state index contributed by atoms with van der Waals surface area (Å²) >= 11 is 0. The standard InChI is InChI=1S/C13H13FN2O2/c1-9-6-11(16-18-9)7-13(17)15-8-10-4-2-3-5-12(10)14/h2-6H,7-8H2,1H3,(H,15,17). The quantitative estimate of drug-likeness (QED) is 0.900. The molecule has 4 nitrogen and oxygen atoms in total. The molecule has 0 spiro atoms. The summed E-state index contributed by atoms with van der Waals surface area (Å²) in [6.45, 7) is 1.93. The SMILES string of the molecule is Cc1cc(CC(=O)NCc2ccccc2F)no1. The number of halogens is 1. The van der Waals surface area contributed by atoms with E-state index in [1.807, 2.05) is 0 Å². The number of hydrogen-bond donors (Lipinski definition) is 1. The highest BCUT2D eigenvalue weighted by molar-refractivity contribution is 5.78. The van der Waals surface area contributed by atoms with E-state index in [0.717, 1.165) is 0 Å². The Morgan fingerprint density at radius 1 is 1.44 bits per heavy atom. The van der Waals surface area contributed by atoms with E-state index in [-0.39, 0.29) is 24.7 Å². The Kier molecular flexibility index (Phi) is 3.72. The topological polar surface area (TPSA) is 55.1 Å². The van der Waals surface area contributed by atoms with E-state index in [1.165, 1.54) is 6.07 Å². The number of rotatable bonds is 4. The minimum atomic E-state index is -0.324. The summed E-state index contributed by atoms with van der Waals surface area (Å²) in [5, 5.41) is 6.36. The minimum absolute atomic E-state index is 0.131. The molecule has 1 heterocycles. The van der Waals surface area contributed by atoms with Crippen molar-refractivity contribution in [1.29, 1.82) is 0 Å². The van der Waals surface area contributed by atoms with Crippen LogP contribution in [0.1, 0.15) is 17.0 Å². The predicted molar refractivity (Wildman–Crippen MR) is 63.2 cm³/mol. The molecule has 1 amide bonds. The van der Waals surface area contributed by atoms with Gasteiger partial charge >= 0.3 is 0 Å². The highest BCUT2D eigenvalue weighted by atomic mass is 19.1. The van der Waals surface area contributed by atoms with Crippen LogP contribution in [0.2, 0.25) is 0 Å². The molecule has 1 N–H and O–H groups in total. The third kappa shape index (κ3) is 3.16. The summed E-state index contributed by atoms with van der Waals surface area (Å²) in [7, 11) is 0. The van der Waals surface area contributed by atoms with Crippen molar-refractivity contribution in [2.45, 2.75) is 19.9 Å². The van der Waals surface area contributed by atoms with E-state index < -0.39 is 0 Å². The lowest BCUT2D eigenvalue weighted by atomic mass is 10.2. The van der Waals surface area contributed by atoms with Gasteiger partial charge in [0.1, 0.15) is 11.6 Å². The molecular weight excluding hydrogens is 235 g/mol. The molecule has 94 valence electrons. The summed E-state index contributed by atoms with van der Waals surface area (Å²) in [4.78, 5) is 11.6. The van der Waals surface area contributed by atoms with E-state index in [4.69, 9.17) is 4.52 Å². The molecule has 5 heteroatoms. The van der Waals surface area contributed by atoms with Gasteiger partial charge in [0.15, 0.2) is 0 Å². The smallest absolute Gasteiger partial charge is 0.226 e. The van der Waals surface area contributed by atoms with E-state index >= 15 is 0 Å². The number of aryl methyl sites for hydroxylation is 1. The zero-order valence-electron chi connectivity index (χ0n) is 9.94. The number of amides is 1. The third-order valence-electron chi connectivity index (χ3n) is 2.45. The van der Waals surface area contributed by atoms with Crippen molar-refractivity contribution in [1.82, 2.24) is 10.5 Å². The first-order chi connectivity index (χ1) is 8.65. The Hall–Kier alpha value is -2.17. The number of nitrogens with zero attached hydrogens (tertiary/aromatic N) is 1. The first-order valence-corrected chi connectivity index (χ1v) is 5.57. The van der Waals surface area contributed by atoms with Crippen molar-refractivity contribution in [3.8, 4) is 0 Å². The second kappa shape index (κ2) is 5.44. The molecule has 0 unspecified atom stereocenters. The molecular formula is C13H13FN2O2. The van der Waals surface area contributed by atoms with Gasteiger partial charge in [0, 0.05) is 18.2 Å². The maximum absolute atomic E-state index is 13.3. The van der Waals surface area contributed by atoms with Gasteiger partial charge in [-0.2, -0.15) is 0 Å². The van der Waals surface area contributed by atoms with Gasteiger partial charge in [-0.15, -0.1) is 0 Å². The molecule has 0 saturated carbocycles. The lowest BCUT2D eigenvalue weighted by molar-refractivity contribution is -0.120. The van der Waals surface area contributed by atoms with Gasteiger partial charge in [0.05, 0.1) is 12.1 Å². The molecule has 0 aliphatic carbocycles. The summed E-state index contributed by atoms with van der Waals surface area (Å²) in [6, 6.07) is 8.03. The van der Waals surface area contributed by atoms with Crippen LogP contribution in [0.3, 0.4) is 0 Å². The van der Waals surface area contributed by atoms with Crippen molar-refractivity contribution < 1.29 is 13.7 Å². The van der Waals surface area contributed by atoms with Gasteiger partial charge in [0.25, 0.3) is 0 Å².